The molecule has 2 aliphatic rings. The molecule has 7 aromatic rings. The van der Waals surface area contributed by atoms with Gasteiger partial charge in [0.1, 0.15) is 54.8 Å². The van der Waals surface area contributed by atoms with E-state index in [1.807, 2.05) is 177 Å². The second kappa shape index (κ2) is 29.8. The lowest BCUT2D eigenvalue weighted by molar-refractivity contribution is -0.271. The minimum absolute atomic E-state index is 0.0204. The van der Waals surface area contributed by atoms with Crippen molar-refractivity contribution in [3.05, 3.63) is 251 Å². The van der Waals surface area contributed by atoms with Gasteiger partial charge >= 0.3 is 8.56 Å². The first kappa shape index (κ1) is 57.4. The van der Waals surface area contributed by atoms with E-state index in [9.17, 15) is 0 Å². The molecule has 2 aliphatic heterocycles. The van der Waals surface area contributed by atoms with Crippen LogP contribution in [-0.2, 0) is 97.7 Å². The van der Waals surface area contributed by atoms with E-state index < -0.39 is 62.5 Å². The van der Waals surface area contributed by atoms with Gasteiger partial charge in [-0.15, -0.1) is 11.8 Å². The summed E-state index contributed by atoms with van der Waals surface area (Å²) in [6, 6.07) is 71.0. The number of benzene rings is 7. The van der Waals surface area contributed by atoms with Gasteiger partial charge in [0, 0.05) is 0 Å². The maximum Gasteiger partial charge on any atom is 0.334 e. The Morgan fingerprint density at radius 2 is 0.769 bits per heavy atom. The van der Waals surface area contributed by atoms with Crippen molar-refractivity contribution in [2.75, 3.05) is 25.6 Å². The van der Waals surface area contributed by atoms with E-state index >= 15 is 0 Å². The molecule has 11 nitrogen and oxygen atoms in total. The van der Waals surface area contributed by atoms with Gasteiger partial charge in [0.2, 0.25) is 5.79 Å². The first-order chi connectivity index (χ1) is 38.3. The first-order valence-corrected chi connectivity index (χ1v) is 31.0. The van der Waals surface area contributed by atoms with Gasteiger partial charge in [0.05, 0.1) is 59.5 Å². The SMILES string of the molecule is CCS[C@@H]1O[C@H](COCc2ccccc2)[C@@H](OCc2ccccc2)[C@H](OCc2ccccc2)[C@H]1O[Si](C)(C)O[C@@]1(COCc2ccccc2)O[C@H](COCc2ccccc2)[C@@H](OCc2ccccc2)[C@@H]1OCc1ccccc1. The topological polar surface area (TPSA) is 102 Å². The molecule has 0 bridgehead atoms. The van der Waals surface area contributed by atoms with E-state index in [1.54, 1.807) is 11.8 Å². The predicted octanol–water partition coefficient (Wildman–Crippen LogP) is 12.7. The summed E-state index contributed by atoms with van der Waals surface area (Å²) >= 11 is 1.66. The smallest absolute Gasteiger partial charge is 0.334 e. The summed E-state index contributed by atoms with van der Waals surface area (Å²) in [5.41, 5.74) is 6.63. The van der Waals surface area contributed by atoms with Crippen LogP contribution in [0.2, 0.25) is 13.1 Å². The highest BCUT2D eigenvalue weighted by atomic mass is 32.2. The number of hydrogen-bond donors (Lipinski definition) is 0. The Bertz CT molecular complexity index is 2740. The van der Waals surface area contributed by atoms with E-state index in [0.717, 1.165) is 44.7 Å². The molecule has 0 amide bonds. The Morgan fingerprint density at radius 1 is 0.410 bits per heavy atom. The highest BCUT2D eigenvalue weighted by Gasteiger charge is 2.61. The lowest BCUT2D eigenvalue weighted by atomic mass is 9.99. The van der Waals surface area contributed by atoms with Crippen LogP contribution in [0, 0.1) is 0 Å². The second-order valence-corrected chi connectivity index (χ2v) is 24.6. The van der Waals surface area contributed by atoms with Crippen molar-refractivity contribution >= 4 is 20.3 Å². The van der Waals surface area contributed by atoms with Gasteiger partial charge in [0.15, 0.2) is 0 Å². The maximum absolute atomic E-state index is 7.67. The molecule has 0 spiro atoms. The molecule has 78 heavy (non-hydrogen) atoms. The van der Waals surface area contributed by atoms with Crippen LogP contribution >= 0.6 is 11.8 Å². The van der Waals surface area contributed by atoms with Crippen LogP contribution in [0.1, 0.15) is 45.9 Å². The molecule has 0 aromatic heterocycles. The fraction of sp³-hybridized carbons (Fsp3) is 0.354. The second-order valence-electron chi connectivity index (χ2n) is 20.0. The fourth-order valence-corrected chi connectivity index (χ4v) is 12.9. The molecular weight excluding hydrogens is 1020 g/mol. The molecule has 0 radical (unpaired) electrons. The maximum atomic E-state index is 7.67. The van der Waals surface area contributed by atoms with Crippen molar-refractivity contribution < 1.29 is 51.5 Å². The lowest BCUT2D eigenvalue weighted by Gasteiger charge is -2.49. The van der Waals surface area contributed by atoms with Crippen molar-refractivity contribution in [2.45, 2.75) is 120 Å². The van der Waals surface area contributed by atoms with E-state index in [4.69, 9.17) is 51.5 Å². The Labute approximate surface area is 466 Å². The van der Waals surface area contributed by atoms with Crippen molar-refractivity contribution in [3.8, 4) is 0 Å². The summed E-state index contributed by atoms with van der Waals surface area (Å²) in [4.78, 5) is 0. The quantitative estimate of drug-likeness (QED) is 0.0401. The van der Waals surface area contributed by atoms with Crippen LogP contribution < -0.4 is 0 Å². The number of thioether (sulfide) groups is 1. The van der Waals surface area contributed by atoms with Gasteiger partial charge in [-0.05, 0) is 57.8 Å². The van der Waals surface area contributed by atoms with E-state index in [0.29, 0.717) is 39.6 Å². The molecule has 2 saturated heterocycles. The Balaban J connectivity index is 1.08. The largest absolute Gasteiger partial charge is 0.385 e. The van der Waals surface area contributed by atoms with E-state index in [2.05, 4.69) is 55.5 Å². The molecule has 0 unspecified atom stereocenters. The summed E-state index contributed by atoms with van der Waals surface area (Å²) in [6.07, 6.45) is -4.63. The van der Waals surface area contributed by atoms with Crippen LogP contribution in [0.3, 0.4) is 0 Å². The van der Waals surface area contributed by atoms with Gasteiger partial charge in [-0.2, -0.15) is 0 Å². The third kappa shape index (κ3) is 16.9. The van der Waals surface area contributed by atoms with Crippen LogP contribution in [-0.4, -0.2) is 88.1 Å². The molecule has 7 aromatic carbocycles. The summed E-state index contributed by atoms with van der Waals surface area (Å²) in [6.45, 7) is 8.88. The zero-order chi connectivity index (χ0) is 53.7. The monoisotopic (exact) mass is 1090 g/mol. The van der Waals surface area contributed by atoms with E-state index in [-0.39, 0.29) is 26.4 Å². The summed E-state index contributed by atoms with van der Waals surface area (Å²) in [5.74, 6) is -0.825. The summed E-state index contributed by atoms with van der Waals surface area (Å²) in [5, 5.41) is 0. The molecule has 2 fully saturated rings. The third-order valence-corrected chi connectivity index (χ3v) is 16.3. The van der Waals surface area contributed by atoms with Crippen molar-refractivity contribution in [3.63, 3.8) is 0 Å². The number of hydrogen-bond acceptors (Lipinski definition) is 12. The average molecular weight is 1090 g/mol. The van der Waals surface area contributed by atoms with Crippen molar-refractivity contribution in [1.82, 2.24) is 0 Å². The zero-order valence-electron chi connectivity index (χ0n) is 45.0. The molecule has 9 atom stereocenters. The van der Waals surface area contributed by atoms with Crippen LogP contribution in [0.4, 0.5) is 0 Å². The van der Waals surface area contributed by atoms with Gasteiger partial charge in [-0.25, -0.2) is 0 Å². The summed E-state index contributed by atoms with van der Waals surface area (Å²) in [7, 11) is -3.51. The zero-order valence-corrected chi connectivity index (χ0v) is 46.8. The Morgan fingerprint density at radius 3 is 1.19 bits per heavy atom. The highest BCUT2D eigenvalue weighted by Crippen LogP contribution is 2.43. The minimum Gasteiger partial charge on any atom is -0.385 e. The molecule has 0 N–H and O–H groups in total. The predicted molar refractivity (Wildman–Crippen MR) is 306 cm³/mol. The molecule has 410 valence electrons. The molecule has 2 heterocycles. The van der Waals surface area contributed by atoms with Crippen LogP contribution in [0.25, 0.3) is 0 Å². The lowest BCUT2D eigenvalue weighted by Crippen LogP contribution is -2.64. The molecule has 13 heteroatoms. The molecule has 0 aliphatic carbocycles. The first-order valence-electron chi connectivity index (χ1n) is 27.1. The van der Waals surface area contributed by atoms with Gasteiger partial charge in [-0.3, -0.25) is 0 Å². The third-order valence-electron chi connectivity index (χ3n) is 13.5. The molecule has 9 rings (SSSR count). The van der Waals surface area contributed by atoms with Gasteiger partial charge < -0.3 is 51.5 Å². The highest BCUT2D eigenvalue weighted by molar-refractivity contribution is 7.99. The Kier molecular flexibility index (Phi) is 21.9. The van der Waals surface area contributed by atoms with Crippen molar-refractivity contribution in [2.24, 2.45) is 0 Å². The van der Waals surface area contributed by atoms with E-state index in [1.165, 1.54) is 0 Å². The fourth-order valence-electron chi connectivity index (χ4n) is 9.88. The van der Waals surface area contributed by atoms with Crippen molar-refractivity contribution in [1.29, 1.82) is 0 Å². The normalized spacial score (nSPS) is 23.3. The standard InChI is InChI=1S/C65H74O11SSi/c1-4-77-64-62(61(71-45-55-36-22-10-23-37-55)59(69-43-53-32-18-8-19-33-53)57(73-64)47-66-40-50-26-12-5-13-27-50)75-78(2,3)76-65(49-68-42-52-30-16-7-17-31-52)63(72-46-56-38-24-11-25-39-56)60(70-44-54-34-20-9-21-35-54)58(74-65)48-67-41-51-28-14-6-15-29-51/h5-39,57-64H,4,40-49H2,1-3H3/t57-,58-,59-,60-,61+,62-,63+,64+,65-/m1/s1. The minimum atomic E-state index is -3.51. The van der Waals surface area contributed by atoms with Crippen LogP contribution in [0.15, 0.2) is 212 Å². The number of ether oxygens (including phenoxy) is 9. The molecular formula is C65H74O11SSi. The van der Waals surface area contributed by atoms with Crippen LogP contribution in [0.5, 0.6) is 0 Å². The Hall–Kier alpha value is -5.33. The molecule has 0 saturated carbocycles. The average Bonchev–Trinajstić information content (AvgIpc) is 3.83. The van der Waals surface area contributed by atoms with Gasteiger partial charge in [0.25, 0.3) is 0 Å². The summed E-state index contributed by atoms with van der Waals surface area (Å²) < 4.78 is 77.9. The van der Waals surface area contributed by atoms with Gasteiger partial charge in [-0.1, -0.05) is 219 Å². The number of rotatable bonds is 30.